The number of carbonyl (C=O) groups excluding carboxylic acids is 6. The lowest BCUT2D eigenvalue weighted by molar-refractivity contribution is -0.142. The lowest BCUT2D eigenvalue weighted by Gasteiger charge is -2.32. The van der Waals surface area contributed by atoms with Gasteiger partial charge in [0.1, 0.15) is 29.9 Å². The Bertz CT molecular complexity index is 1860. The summed E-state index contributed by atoms with van der Waals surface area (Å²) in [6.45, 7) is 10.1. The van der Waals surface area contributed by atoms with E-state index in [2.05, 4.69) is 31.9 Å². The topological polar surface area (TPSA) is 307 Å². The van der Waals surface area contributed by atoms with Crippen molar-refractivity contribution in [1.29, 1.82) is 0 Å². The summed E-state index contributed by atoms with van der Waals surface area (Å²) < 4.78 is 0. The number of aromatic hydroxyl groups is 1. The maximum atomic E-state index is 14.2. The molecule has 0 heterocycles. The molecule has 2 aromatic carbocycles. The first-order valence-electron chi connectivity index (χ1n) is 19.8. The van der Waals surface area contributed by atoms with Crippen molar-refractivity contribution in [2.45, 2.75) is 129 Å². The van der Waals surface area contributed by atoms with Crippen LogP contribution in [0.1, 0.15) is 84.8 Å². The van der Waals surface area contributed by atoms with Crippen molar-refractivity contribution in [1.82, 2.24) is 31.9 Å². The molecule has 19 nitrogen and oxygen atoms in total. The lowest BCUT2D eigenvalue weighted by atomic mass is 9.83. The van der Waals surface area contributed by atoms with Crippen molar-refractivity contribution < 1.29 is 63.6 Å². The zero-order valence-electron chi connectivity index (χ0n) is 35.2. The van der Waals surface area contributed by atoms with Crippen LogP contribution >= 0.6 is 0 Å². The highest BCUT2D eigenvalue weighted by atomic mass is 16.4. The SMILES string of the molecule is CCC(=O)[C@@H](NC(=O)[C@H](CC(=O)O)NC(=O)[C@H](Cc1ccc(O)cc1)NC(=O)[C@H](Cc1ccccc1)NC(=O)[C@H](CC(=O)O)NC(=O)[C@H](CCC(=O)O)NC(C)C)C(C)(C)C. The van der Waals surface area contributed by atoms with Crippen molar-refractivity contribution in [2.75, 3.05) is 0 Å². The number of hydrogen-bond acceptors (Lipinski definition) is 11. The third-order valence-electron chi connectivity index (χ3n) is 9.27. The number of carbonyl (C=O) groups is 9. The van der Waals surface area contributed by atoms with Crippen molar-refractivity contribution >= 4 is 53.2 Å². The molecular formula is C42H58N6O13. The Labute approximate surface area is 353 Å². The molecule has 5 amide bonds. The van der Waals surface area contributed by atoms with Crippen LogP contribution in [0.15, 0.2) is 54.6 Å². The van der Waals surface area contributed by atoms with Gasteiger partial charge in [-0.25, -0.2) is 0 Å². The minimum absolute atomic E-state index is 0.0612. The zero-order valence-corrected chi connectivity index (χ0v) is 35.2. The number of phenolic OH excluding ortho intramolecular Hbond substituents is 1. The molecule has 0 aliphatic heterocycles. The summed E-state index contributed by atoms with van der Waals surface area (Å²) in [5.74, 6) is -9.50. The molecular weight excluding hydrogens is 796 g/mol. The van der Waals surface area contributed by atoms with Gasteiger partial charge in [-0.05, 0) is 35.1 Å². The predicted octanol–water partition coefficient (Wildman–Crippen LogP) is 0.807. The predicted molar refractivity (Wildman–Crippen MR) is 220 cm³/mol. The molecule has 0 spiro atoms. The average Bonchev–Trinajstić information content (AvgIpc) is 3.17. The standard InChI is InChI=1S/C42H58N6O13/c1-7-32(50)36(42(4,5)6)48-41(61)31(22-35(55)56)47-39(59)29(20-25-13-15-26(49)16-14-25)44-38(58)28(19-24-11-9-8-10-12-24)45-40(60)30(21-34(53)54)46-37(57)27(43-23(2)3)17-18-33(51)52/h8-16,23,27-31,36,43,49H,7,17-22H2,1-6H3,(H,44,58)(H,45,60)(H,46,57)(H,47,59)(H,48,61)(H,51,52)(H,53,54)(H,55,56)/t27-,28-,29-,30-,31-,36+/m0/s1. The van der Waals surface area contributed by atoms with E-state index in [4.69, 9.17) is 0 Å². The average molecular weight is 855 g/mol. The van der Waals surface area contributed by atoms with E-state index < -0.39 is 108 Å². The van der Waals surface area contributed by atoms with Gasteiger partial charge in [0.15, 0.2) is 5.78 Å². The molecule has 334 valence electrons. The number of phenols is 1. The Morgan fingerprint density at radius 3 is 1.38 bits per heavy atom. The van der Waals surface area contributed by atoms with Crippen LogP contribution in [0, 0.1) is 5.41 Å². The first kappa shape index (κ1) is 50.8. The third-order valence-corrected chi connectivity index (χ3v) is 9.27. The normalized spacial score (nSPS) is 14.2. The highest BCUT2D eigenvalue weighted by molar-refractivity contribution is 5.98. The molecule has 19 heteroatoms. The number of aliphatic carboxylic acids is 3. The number of hydrogen-bond donors (Lipinski definition) is 10. The molecule has 10 N–H and O–H groups in total. The summed E-state index contributed by atoms with van der Waals surface area (Å²) in [7, 11) is 0. The summed E-state index contributed by atoms with van der Waals surface area (Å²) in [5.41, 5.74) is 0.136. The van der Waals surface area contributed by atoms with Crippen molar-refractivity contribution in [3.05, 3.63) is 65.7 Å². The van der Waals surface area contributed by atoms with Gasteiger partial charge in [0.2, 0.25) is 29.5 Å². The first-order valence-corrected chi connectivity index (χ1v) is 19.8. The van der Waals surface area contributed by atoms with Crippen LogP contribution in [0.25, 0.3) is 0 Å². The van der Waals surface area contributed by atoms with E-state index in [9.17, 15) is 63.6 Å². The largest absolute Gasteiger partial charge is 0.508 e. The van der Waals surface area contributed by atoms with E-state index in [0.717, 1.165) is 0 Å². The highest BCUT2D eigenvalue weighted by Crippen LogP contribution is 2.21. The Morgan fingerprint density at radius 1 is 0.557 bits per heavy atom. The second-order valence-corrected chi connectivity index (χ2v) is 15.9. The van der Waals surface area contributed by atoms with Crippen LogP contribution in [0.5, 0.6) is 5.75 Å². The third kappa shape index (κ3) is 18.2. The number of amides is 5. The number of rotatable bonds is 25. The van der Waals surface area contributed by atoms with Crippen LogP contribution in [0.4, 0.5) is 0 Å². The van der Waals surface area contributed by atoms with Gasteiger partial charge in [-0.15, -0.1) is 0 Å². The quantitative estimate of drug-likeness (QED) is 0.0661. The van der Waals surface area contributed by atoms with E-state index in [1.54, 1.807) is 71.9 Å². The fraction of sp³-hybridized carbons (Fsp3) is 0.500. The first-order chi connectivity index (χ1) is 28.5. The van der Waals surface area contributed by atoms with Crippen LogP contribution in [0.3, 0.4) is 0 Å². The molecule has 61 heavy (non-hydrogen) atoms. The van der Waals surface area contributed by atoms with Crippen LogP contribution in [-0.4, -0.2) is 116 Å². The smallest absolute Gasteiger partial charge is 0.305 e. The van der Waals surface area contributed by atoms with Gasteiger partial charge >= 0.3 is 17.9 Å². The van der Waals surface area contributed by atoms with Gasteiger partial charge in [-0.3, -0.25) is 43.2 Å². The van der Waals surface area contributed by atoms with Crippen LogP contribution in [-0.2, 0) is 56.0 Å². The van der Waals surface area contributed by atoms with Gasteiger partial charge in [-0.2, -0.15) is 0 Å². The second kappa shape index (κ2) is 24.0. The maximum absolute atomic E-state index is 14.2. The van der Waals surface area contributed by atoms with Gasteiger partial charge in [-0.1, -0.05) is 84.0 Å². The minimum Gasteiger partial charge on any atom is -0.508 e. The van der Waals surface area contributed by atoms with E-state index in [0.29, 0.717) is 11.1 Å². The fourth-order valence-corrected chi connectivity index (χ4v) is 6.18. The fourth-order valence-electron chi connectivity index (χ4n) is 6.18. The highest BCUT2D eigenvalue weighted by Gasteiger charge is 2.37. The summed E-state index contributed by atoms with van der Waals surface area (Å²) in [6.07, 6.45) is -2.85. The molecule has 0 bridgehead atoms. The molecule has 0 unspecified atom stereocenters. The van der Waals surface area contributed by atoms with E-state index >= 15 is 0 Å². The summed E-state index contributed by atoms with van der Waals surface area (Å²) in [5, 5.41) is 53.6. The van der Waals surface area contributed by atoms with Crippen LogP contribution in [0.2, 0.25) is 0 Å². The molecule has 0 saturated heterocycles. The summed E-state index contributed by atoms with van der Waals surface area (Å²) >= 11 is 0. The molecule has 6 atom stereocenters. The molecule has 2 rings (SSSR count). The van der Waals surface area contributed by atoms with Crippen molar-refractivity contribution in [2.24, 2.45) is 5.41 Å². The van der Waals surface area contributed by atoms with Gasteiger partial charge < -0.3 is 52.3 Å². The Kier molecular flexibility index (Phi) is 20.0. The van der Waals surface area contributed by atoms with Gasteiger partial charge in [0, 0.05) is 31.7 Å². The Morgan fingerprint density at radius 2 is 0.967 bits per heavy atom. The van der Waals surface area contributed by atoms with Crippen LogP contribution < -0.4 is 31.9 Å². The molecule has 0 aliphatic carbocycles. The Balaban J connectivity index is 2.53. The minimum atomic E-state index is -1.75. The van der Waals surface area contributed by atoms with Crippen molar-refractivity contribution in [3.8, 4) is 5.75 Å². The number of carboxylic acid groups (broad SMARTS) is 3. The monoisotopic (exact) mass is 854 g/mol. The number of Topliss-reactive ketones (excluding diaryl/α,β-unsaturated/α-hetero) is 1. The molecule has 0 aromatic heterocycles. The molecule has 0 radical (unpaired) electrons. The number of ketones is 1. The van der Waals surface area contributed by atoms with Gasteiger partial charge in [0.05, 0.1) is 24.9 Å². The maximum Gasteiger partial charge on any atom is 0.305 e. The van der Waals surface area contributed by atoms with E-state index in [-0.39, 0.29) is 43.3 Å². The van der Waals surface area contributed by atoms with E-state index in [1.165, 1.54) is 24.3 Å². The number of carboxylic acids is 3. The summed E-state index contributed by atoms with van der Waals surface area (Å²) in [4.78, 5) is 117. The zero-order chi connectivity index (χ0) is 46.0. The van der Waals surface area contributed by atoms with E-state index in [1.807, 2.05) is 0 Å². The molecule has 0 fully saturated rings. The molecule has 0 aliphatic rings. The molecule has 2 aromatic rings. The van der Waals surface area contributed by atoms with Gasteiger partial charge in [0.25, 0.3) is 0 Å². The Hall–Kier alpha value is -6.37. The number of benzene rings is 2. The lowest BCUT2D eigenvalue weighted by Crippen LogP contribution is -2.61. The summed E-state index contributed by atoms with van der Waals surface area (Å²) in [6, 6.07) is 4.82. The number of nitrogens with one attached hydrogen (secondary N) is 6. The second-order valence-electron chi connectivity index (χ2n) is 15.9. The van der Waals surface area contributed by atoms with Crippen molar-refractivity contribution in [3.63, 3.8) is 0 Å². The molecule has 0 saturated carbocycles.